The number of allylic oxidation sites excluding steroid dienone is 2. The van der Waals surface area contributed by atoms with Gasteiger partial charge in [0.15, 0.2) is 0 Å². The molecule has 0 unspecified atom stereocenters. The summed E-state index contributed by atoms with van der Waals surface area (Å²) in [7, 11) is 0. The predicted molar refractivity (Wildman–Crippen MR) is 120 cm³/mol. The summed E-state index contributed by atoms with van der Waals surface area (Å²) in [5, 5.41) is 3.56. The number of carbonyl (C=O) groups excluding carboxylic acids is 1. The molecule has 9 heteroatoms. The van der Waals surface area contributed by atoms with E-state index in [4.69, 9.17) is 15.2 Å². The van der Waals surface area contributed by atoms with Crippen LogP contribution >= 0.6 is 0 Å². The lowest BCUT2D eigenvalue weighted by Crippen LogP contribution is -2.39. The molecule has 2 heterocycles. The van der Waals surface area contributed by atoms with Crippen molar-refractivity contribution in [2.45, 2.75) is 38.8 Å². The quantitative estimate of drug-likeness (QED) is 0.421. The highest BCUT2D eigenvalue weighted by atomic mass is 19.4. The van der Waals surface area contributed by atoms with Gasteiger partial charge in [-0.1, -0.05) is 32.2 Å². The predicted octanol–water partition coefficient (Wildman–Crippen LogP) is 4.60. The molecular weight excluding hydrogens is 435 g/mol. The van der Waals surface area contributed by atoms with Gasteiger partial charge < -0.3 is 20.5 Å². The molecule has 3 N–H and O–H groups in total. The van der Waals surface area contributed by atoms with Crippen LogP contribution in [0.3, 0.4) is 0 Å². The van der Waals surface area contributed by atoms with Crippen LogP contribution in [0.15, 0.2) is 54.7 Å². The Bertz CT molecular complexity index is 1110. The molecule has 6 nitrogen and oxygen atoms in total. The molecule has 0 saturated carbocycles. The lowest BCUT2D eigenvalue weighted by molar-refractivity contribution is -0.0878. The summed E-state index contributed by atoms with van der Waals surface area (Å²) in [5.41, 5.74) is 7.96. The Labute approximate surface area is 190 Å². The van der Waals surface area contributed by atoms with Gasteiger partial charge in [-0.2, -0.15) is 13.2 Å². The number of anilines is 1. The summed E-state index contributed by atoms with van der Waals surface area (Å²) in [4.78, 5) is 17.4. The van der Waals surface area contributed by atoms with E-state index in [9.17, 15) is 18.0 Å². The van der Waals surface area contributed by atoms with E-state index in [1.54, 1.807) is 18.2 Å². The molecule has 1 aliphatic heterocycles. The number of rotatable bonds is 9. The van der Waals surface area contributed by atoms with E-state index >= 15 is 0 Å². The smallest absolute Gasteiger partial charge is 0.383 e. The highest BCUT2D eigenvalue weighted by Crippen LogP contribution is 2.31. The van der Waals surface area contributed by atoms with E-state index in [1.807, 2.05) is 6.92 Å². The Balaban J connectivity index is 1.82. The number of pyridine rings is 1. The lowest BCUT2D eigenvalue weighted by atomic mass is 10.0. The fourth-order valence-electron chi connectivity index (χ4n) is 3.36. The van der Waals surface area contributed by atoms with Gasteiger partial charge >= 0.3 is 6.18 Å². The highest BCUT2D eigenvalue weighted by molar-refractivity contribution is 5.99. The number of hydrogen-bond acceptors (Lipinski definition) is 5. The van der Waals surface area contributed by atoms with Crippen molar-refractivity contribution < 1.29 is 27.4 Å². The number of nitrogen functional groups attached to an aromatic ring is 1. The van der Waals surface area contributed by atoms with Gasteiger partial charge in [-0.3, -0.25) is 4.79 Å². The monoisotopic (exact) mass is 461 g/mol. The molecule has 3 rings (SSSR count). The van der Waals surface area contributed by atoms with Crippen LogP contribution in [0.1, 0.15) is 34.8 Å². The Hall–Kier alpha value is -3.17. The van der Waals surface area contributed by atoms with Crippen LogP contribution in [0.25, 0.3) is 10.9 Å². The minimum absolute atomic E-state index is 0.0656. The van der Waals surface area contributed by atoms with Crippen molar-refractivity contribution in [1.29, 1.82) is 0 Å². The van der Waals surface area contributed by atoms with Crippen molar-refractivity contribution in [2.75, 3.05) is 18.9 Å². The van der Waals surface area contributed by atoms with E-state index < -0.39 is 23.7 Å². The third-order valence-electron chi connectivity index (χ3n) is 5.24. The number of nitrogens with two attached hydrogens (primary N) is 1. The number of carbonyl (C=O) groups is 1. The van der Waals surface area contributed by atoms with Crippen molar-refractivity contribution in [2.24, 2.45) is 0 Å². The first-order valence-electron chi connectivity index (χ1n) is 10.4. The SMILES string of the molecule is C=C(/C=C\C(=C)C(F)(F)F)[C@@H](COCCC)NC(=O)c1ccc2nc(N)c3c(c2c1)COC3. The summed E-state index contributed by atoms with van der Waals surface area (Å²) in [6.07, 6.45) is -1.77. The van der Waals surface area contributed by atoms with Gasteiger partial charge in [0.2, 0.25) is 0 Å². The third-order valence-corrected chi connectivity index (χ3v) is 5.24. The maximum atomic E-state index is 13.0. The average molecular weight is 461 g/mol. The Morgan fingerprint density at radius 2 is 2.03 bits per heavy atom. The summed E-state index contributed by atoms with van der Waals surface area (Å²) >= 11 is 0. The van der Waals surface area contributed by atoms with Crippen molar-refractivity contribution in [3.63, 3.8) is 0 Å². The number of aromatic nitrogens is 1. The van der Waals surface area contributed by atoms with Gasteiger partial charge in [-0.25, -0.2) is 4.98 Å². The molecule has 2 aromatic rings. The first kappa shape index (κ1) is 24.5. The zero-order valence-electron chi connectivity index (χ0n) is 18.3. The fraction of sp³-hybridized carbons (Fsp3) is 0.333. The van der Waals surface area contributed by atoms with E-state index in [0.29, 0.717) is 36.7 Å². The Morgan fingerprint density at radius 3 is 2.73 bits per heavy atom. The van der Waals surface area contributed by atoms with Gasteiger partial charge in [0.25, 0.3) is 5.91 Å². The zero-order chi connectivity index (χ0) is 24.2. The molecule has 1 aromatic heterocycles. The second-order valence-electron chi connectivity index (χ2n) is 7.71. The second-order valence-corrected chi connectivity index (χ2v) is 7.71. The van der Waals surface area contributed by atoms with Crippen LogP contribution in [0.5, 0.6) is 0 Å². The number of nitrogens with zero attached hydrogens (tertiary/aromatic N) is 1. The fourth-order valence-corrected chi connectivity index (χ4v) is 3.36. The van der Waals surface area contributed by atoms with Crippen LogP contribution in [0.2, 0.25) is 0 Å². The van der Waals surface area contributed by atoms with E-state index in [1.165, 1.54) is 6.08 Å². The number of amides is 1. The zero-order valence-corrected chi connectivity index (χ0v) is 18.3. The second kappa shape index (κ2) is 10.2. The molecule has 1 aromatic carbocycles. The van der Waals surface area contributed by atoms with Crippen LogP contribution in [0.4, 0.5) is 19.0 Å². The molecule has 0 spiro atoms. The van der Waals surface area contributed by atoms with Crippen LogP contribution in [0, 0.1) is 0 Å². The topological polar surface area (TPSA) is 86.5 Å². The van der Waals surface area contributed by atoms with Crippen molar-refractivity contribution in [1.82, 2.24) is 10.3 Å². The summed E-state index contributed by atoms with van der Waals surface area (Å²) in [6.45, 7) is 9.99. The largest absolute Gasteiger partial charge is 0.415 e. The number of halogens is 3. The number of nitrogens with one attached hydrogen (secondary N) is 1. The first-order chi connectivity index (χ1) is 15.6. The molecule has 33 heavy (non-hydrogen) atoms. The van der Waals surface area contributed by atoms with Crippen LogP contribution in [-0.2, 0) is 22.7 Å². The summed E-state index contributed by atoms with van der Waals surface area (Å²) in [6, 6.07) is 4.29. The molecule has 0 aliphatic carbocycles. The maximum absolute atomic E-state index is 13.0. The van der Waals surface area contributed by atoms with Gasteiger partial charge in [-0.15, -0.1) is 0 Å². The molecule has 1 aliphatic rings. The average Bonchev–Trinajstić information content (AvgIpc) is 3.26. The van der Waals surface area contributed by atoms with Gasteiger partial charge in [0.1, 0.15) is 5.82 Å². The molecule has 0 fully saturated rings. The van der Waals surface area contributed by atoms with Gasteiger partial charge in [0.05, 0.1) is 31.4 Å². The normalized spacial score (nSPS) is 14.4. The molecular formula is C24H26F3N3O3. The van der Waals surface area contributed by atoms with Crippen molar-refractivity contribution in [3.8, 4) is 0 Å². The number of alkyl halides is 3. The number of hydrogen-bond donors (Lipinski definition) is 2. The van der Waals surface area contributed by atoms with Crippen LogP contribution in [-0.4, -0.2) is 36.3 Å². The molecule has 1 atom stereocenters. The van der Waals surface area contributed by atoms with Crippen LogP contribution < -0.4 is 11.1 Å². The van der Waals surface area contributed by atoms with E-state index in [2.05, 4.69) is 23.5 Å². The number of ether oxygens (including phenoxy) is 2. The van der Waals surface area contributed by atoms with E-state index in [-0.39, 0.29) is 12.2 Å². The maximum Gasteiger partial charge on any atom is 0.415 e. The lowest BCUT2D eigenvalue weighted by Gasteiger charge is -2.20. The summed E-state index contributed by atoms with van der Waals surface area (Å²) < 4.78 is 49.2. The molecule has 0 bridgehead atoms. The molecule has 176 valence electrons. The first-order valence-corrected chi connectivity index (χ1v) is 10.4. The standard InChI is InChI=1S/C24H26F3N3O3/c1-4-9-32-13-21(14(2)5-6-15(3)24(25,26)27)30-23(31)16-7-8-20-17(10-16)18-11-33-12-19(18)22(28)29-20/h5-8,10,21H,2-4,9,11-13H2,1H3,(H2,28,29)(H,30,31)/b6-5-/t21-/m1/s1. The molecule has 0 radical (unpaired) electrons. The van der Waals surface area contributed by atoms with Crippen molar-refractivity contribution >= 4 is 22.6 Å². The Kier molecular flexibility index (Phi) is 7.55. The minimum atomic E-state index is -4.54. The Morgan fingerprint density at radius 1 is 1.30 bits per heavy atom. The highest BCUT2D eigenvalue weighted by Gasteiger charge is 2.30. The van der Waals surface area contributed by atoms with Gasteiger partial charge in [-0.05, 0) is 35.8 Å². The third kappa shape index (κ3) is 5.80. The van der Waals surface area contributed by atoms with E-state index in [0.717, 1.165) is 29.0 Å². The molecule has 1 amide bonds. The van der Waals surface area contributed by atoms with Gasteiger partial charge in [0, 0.05) is 28.7 Å². The minimum Gasteiger partial charge on any atom is -0.383 e. The number of fused-ring (bicyclic) bond motifs is 3. The summed E-state index contributed by atoms with van der Waals surface area (Å²) in [5.74, 6) is -0.0143. The molecule has 0 saturated heterocycles. The number of benzene rings is 1. The van der Waals surface area contributed by atoms with Crippen molar-refractivity contribution in [3.05, 3.63) is 71.3 Å².